The number of carboxylic acid groups (broad SMARTS) is 1. The van der Waals surface area contributed by atoms with Gasteiger partial charge in [-0.1, -0.05) is 66.7 Å². The maximum atomic E-state index is 11.0. The fourth-order valence-electron chi connectivity index (χ4n) is 4.78. The van der Waals surface area contributed by atoms with Gasteiger partial charge in [0.2, 0.25) is 0 Å². The number of hydrogen-bond donors (Lipinski definition) is 1. The molecule has 1 aliphatic rings. The molecule has 4 aromatic rings. The topological polar surface area (TPSA) is 110 Å². The van der Waals surface area contributed by atoms with Gasteiger partial charge in [0.05, 0.1) is 18.6 Å². The lowest BCUT2D eigenvalue weighted by atomic mass is 9.95. The molecule has 184 valence electrons. The molecule has 0 amide bonds. The minimum Gasteiger partial charge on any atom is -0.548 e. The minimum absolute atomic E-state index is 0.0377. The van der Waals surface area contributed by atoms with Crippen LogP contribution in [0.2, 0.25) is 0 Å². The first-order chi connectivity index (χ1) is 17.6. The van der Waals surface area contributed by atoms with Crippen molar-refractivity contribution in [2.24, 2.45) is 0 Å². The van der Waals surface area contributed by atoms with Crippen LogP contribution in [0.1, 0.15) is 22.7 Å². The van der Waals surface area contributed by atoms with Gasteiger partial charge >= 0.3 is 0 Å². The number of phenols is 1. The summed E-state index contributed by atoms with van der Waals surface area (Å²) in [6.45, 7) is 4.18. The van der Waals surface area contributed by atoms with Crippen molar-refractivity contribution in [3.63, 3.8) is 0 Å². The van der Waals surface area contributed by atoms with Crippen molar-refractivity contribution in [3.8, 4) is 17.1 Å². The van der Waals surface area contributed by atoms with Crippen molar-refractivity contribution in [1.29, 1.82) is 0 Å². The van der Waals surface area contributed by atoms with Gasteiger partial charge in [0.15, 0.2) is 5.82 Å². The molecule has 5 rings (SSSR count). The number of benzene rings is 3. The van der Waals surface area contributed by atoms with Gasteiger partial charge in [0.25, 0.3) is 0 Å². The van der Waals surface area contributed by atoms with Crippen LogP contribution in [0.5, 0.6) is 5.75 Å². The van der Waals surface area contributed by atoms with Gasteiger partial charge in [-0.25, -0.2) is 4.68 Å². The number of hydrogen-bond acceptors (Lipinski definition) is 8. The number of piperazine rings is 1. The van der Waals surface area contributed by atoms with E-state index in [9.17, 15) is 15.0 Å². The molecule has 1 aromatic heterocycles. The molecule has 0 radical (unpaired) electrons. The number of carbonyl (C=O) groups is 1. The molecular weight excluding hydrogens is 456 g/mol. The molecule has 0 bridgehead atoms. The fourth-order valence-corrected chi connectivity index (χ4v) is 4.78. The van der Waals surface area contributed by atoms with Crippen LogP contribution in [0.3, 0.4) is 0 Å². The Bertz CT molecular complexity index is 1300. The molecule has 2 heterocycles. The number of aromatic hydroxyl groups is 1. The van der Waals surface area contributed by atoms with Gasteiger partial charge in [-0.2, -0.15) is 0 Å². The summed E-state index contributed by atoms with van der Waals surface area (Å²) >= 11 is 0. The number of rotatable bonds is 8. The lowest BCUT2D eigenvalue weighted by molar-refractivity contribution is -0.306. The Labute approximate surface area is 209 Å². The zero-order valence-corrected chi connectivity index (χ0v) is 19.8. The Hall–Kier alpha value is -4.08. The van der Waals surface area contributed by atoms with Crippen LogP contribution < -0.4 is 5.11 Å². The van der Waals surface area contributed by atoms with E-state index in [1.165, 1.54) is 10.2 Å². The van der Waals surface area contributed by atoms with E-state index in [-0.39, 0.29) is 11.8 Å². The van der Waals surface area contributed by atoms with E-state index >= 15 is 0 Å². The Kier molecular flexibility index (Phi) is 7.01. The van der Waals surface area contributed by atoms with Crippen molar-refractivity contribution < 1.29 is 15.0 Å². The highest BCUT2D eigenvalue weighted by Crippen LogP contribution is 2.32. The van der Waals surface area contributed by atoms with Gasteiger partial charge < -0.3 is 15.0 Å². The first kappa shape index (κ1) is 23.7. The van der Waals surface area contributed by atoms with Crippen molar-refractivity contribution in [2.75, 3.05) is 26.2 Å². The van der Waals surface area contributed by atoms with E-state index in [0.717, 1.165) is 43.9 Å². The quantitative estimate of drug-likeness (QED) is 0.403. The average Bonchev–Trinajstić information content (AvgIpc) is 3.34. The molecule has 1 atom stereocenters. The standard InChI is InChI=1S/C27H28N6O3/c34-24-8-4-7-23(17-24)26(32-15-13-31(14-16-32)18-20-5-2-1-3-6-20)21-9-11-22(12-10-21)27-28-29-30-33(27)19-25(35)36/h1-12,17,26,34H,13-16,18-19H2,(H,35,36)/p-1. The normalized spacial score (nSPS) is 15.6. The molecule has 3 aromatic carbocycles. The van der Waals surface area contributed by atoms with E-state index in [4.69, 9.17) is 0 Å². The highest BCUT2D eigenvalue weighted by atomic mass is 16.4. The third-order valence-electron chi connectivity index (χ3n) is 6.50. The van der Waals surface area contributed by atoms with Crippen molar-refractivity contribution in [2.45, 2.75) is 19.1 Å². The highest BCUT2D eigenvalue weighted by molar-refractivity contribution is 5.65. The molecule has 1 saturated heterocycles. The molecule has 1 fully saturated rings. The fraction of sp³-hybridized carbons (Fsp3) is 0.259. The maximum Gasteiger partial charge on any atom is 0.182 e. The van der Waals surface area contributed by atoms with Crippen LogP contribution in [-0.2, 0) is 17.9 Å². The number of phenolic OH excluding ortho intramolecular Hbond substituents is 1. The molecule has 0 saturated carbocycles. The second-order valence-corrected chi connectivity index (χ2v) is 8.95. The number of tetrazole rings is 1. The molecule has 9 heteroatoms. The summed E-state index contributed by atoms with van der Waals surface area (Å²) in [5, 5.41) is 32.5. The predicted octanol–water partition coefficient (Wildman–Crippen LogP) is 1.70. The number of aromatic nitrogens is 4. The second kappa shape index (κ2) is 10.7. The van der Waals surface area contributed by atoms with Crippen molar-refractivity contribution in [3.05, 3.63) is 95.6 Å². The smallest absolute Gasteiger partial charge is 0.182 e. The largest absolute Gasteiger partial charge is 0.548 e. The summed E-state index contributed by atoms with van der Waals surface area (Å²) in [4.78, 5) is 15.9. The second-order valence-electron chi connectivity index (χ2n) is 8.95. The third kappa shape index (κ3) is 5.42. The van der Waals surface area contributed by atoms with Crippen molar-refractivity contribution in [1.82, 2.24) is 30.0 Å². The lowest BCUT2D eigenvalue weighted by Gasteiger charge is -2.40. The lowest BCUT2D eigenvalue weighted by Crippen LogP contribution is -2.47. The summed E-state index contributed by atoms with van der Waals surface area (Å²) in [6, 6.07) is 25.7. The first-order valence-corrected chi connectivity index (χ1v) is 11.9. The number of carbonyl (C=O) groups excluding carboxylic acids is 1. The first-order valence-electron chi connectivity index (χ1n) is 11.9. The Morgan fingerprint density at radius 2 is 1.67 bits per heavy atom. The van der Waals surface area contributed by atoms with E-state index < -0.39 is 12.5 Å². The van der Waals surface area contributed by atoms with Crippen LogP contribution >= 0.6 is 0 Å². The monoisotopic (exact) mass is 483 g/mol. The van der Waals surface area contributed by atoms with Crippen LogP contribution in [0.4, 0.5) is 0 Å². The van der Waals surface area contributed by atoms with Crippen LogP contribution in [0.15, 0.2) is 78.9 Å². The average molecular weight is 484 g/mol. The van der Waals surface area contributed by atoms with Gasteiger partial charge in [-0.15, -0.1) is 5.10 Å². The van der Waals surface area contributed by atoms with Crippen LogP contribution in [0.25, 0.3) is 11.4 Å². The summed E-state index contributed by atoms with van der Waals surface area (Å²) in [6.07, 6.45) is 0. The van der Waals surface area contributed by atoms with E-state index in [0.29, 0.717) is 11.4 Å². The molecule has 9 nitrogen and oxygen atoms in total. The zero-order chi connectivity index (χ0) is 24.9. The Morgan fingerprint density at radius 3 is 2.36 bits per heavy atom. The van der Waals surface area contributed by atoms with E-state index in [1.54, 1.807) is 6.07 Å². The number of aliphatic carboxylic acids is 1. The summed E-state index contributed by atoms with van der Waals surface area (Å²) < 4.78 is 1.21. The number of nitrogens with zero attached hydrogens (tertiary/aromatic N) is 6. The summed E-state index contributed by atoms with van der Waals surface area (Å²) in [5.74, 6) is -0.650. The Balaban J connectivity index is 1.37. The molecular formula is C27H27N6O3-. The van der Waals surface area contributed by atoms with Gasteiger partial charge in [-0.05, 0) is 39.2 Å². The van der Waals surface area contributed by atoms with Gasteiger partial charge in [0.1, 0.15) is 5.75 Å². The van der Waals surface area contributed by atoms with Crippen molar-refractivity contribution >= 4 is 5.97 Å². The highest BCUT2D eigenvalue weighted by Gasteiger charge is 2.27. The van der Waals surface area contributed by atoms with Gasteiger partial charge in [-0.3, -0.25) is 9.80 Å². The SMILES string of the molecule is O=C([O-])Cn1nnnc1-c1ccc(C(c2cccc(O)c2)N2CCN(Cc3ccccc3)CC2)cc1. The Morgan fingerprint density at radius 1 is 0.917 bits per heavy atom. The minimum atomic E-state index is -1.25. The van der Waals surface area contributed by atoms with Gasteiger partial charge in [0, 0.05) is 38.3 Å². The molecule has 1 aliphatic heterocycles. The predicted molar refractivity (Wildman–Crippen MR) is 132 cm³/mol. The molecule has 0 spiro atoms. The zero-order valence-electron chi connectivity index (χ0n) is 19.8. The van der Waals surface area contributed by atoms with E-state index in [2.05, 4.69) is 49.6 Å². The number of carboxylic acids is 1. The molecule has 1 unspecified atom stereocenters. The van der Waals surface area contributed by atoms with Crippen LogP contribution in [-0.4, -0.2) is 67.3 Å². The third-order valence-corrected chi connectivity index (χ3v) is 6.50. The van der Waals surface area contributed by atoms with E-state index in [1.807, 2.05) is 48.5 Å². The summed E-state index contributed by atoms with van der Waals surface area (Å²) in [5.41, 5.74) is 4.11. The molecule has 1 N–H and O–H groups in total. The molecule has 0 aliphatic carbocycles. The maximum absolute atomic E-state index is 11.0. The summed E-state index contributed by atoms with van der Waals surface area (Å²) in [7, 11) is 0. The van der Waals surface area contributed by atoms with Crippen LogP contribution in [0, 0.1) is 0 Å². The molecule has 36 heavy (non-hydrogen) atoms.